The van der Waals surface area contributed by atoms with Crippen LogP contribution in [-0.2, 0) is 6.54 Å². The Kier molecular flexibility index (Phi) is 6.08. The molecule has 172 valence electrons. The molecule has 0 radical (unpaired) electrons. The number of benzene rings is 2. The molecule has 1 amide bonds. The zero-order valence-corrected chi connectivity index (χ0v) is 18.8. The summed E-state index contributed by atoms with van der Waals surface area (Å²) in [6.07, 6.45) is 9.08. The number of carboxylic acid groups (broad SMARTS) is 1. The lowest BCUT2D eigenvalue weighted by Crippen LogP contribution is -2.22. The van der Waals surface area contributed by atoms with E-state index in [1.807, 2.05) is 36.4 Å². The zero-order valence-electron chi connectivity index (χ0n) is 18.8. The van der Waals surface area contributed by atoms with Crippen LogP contribution in [-0.4, -0.2) is 31.5 Å². The topological polar surface area (TPSA) is 97.1 Å². The van der Waals surface area contributed by atoms with Gasteiger partial charge in [0.05, 0.1) is 16.6 Å². The smallest absolute Gasteiger partial charge is 0.335 e. The number of hydrogen-bond donors (Lipinski definition) is 2. The summed E-state index contributed by atoms with van der Waals surface area (Å²) in [5, 5.41) is 12.4. The van der Waals surface area contributed by atoms with Gasteiger partial charge in [-0.05, 0) is 60.9 Å². The number of rotatable bonds is 6. The largest absolute Gasteiger partial charge is 0.478 e. The van der Waals surface area contributed by atoms with Crippen LogP contribution in [0.3, 0.4) is 0 Å². The van der Waals surface area contributed by atoms with Gasteiger partial charge < -0.3 is 15.0 Å². The normalized spacial score (nSPS) is 14.2. The molecule has 0 spiro atoms. The average Bonchev–Trinajstić information content (AvgIpc) is 3.27. The van der Waals surface area contributed by atoms with Gasteiger partial charge in [-0.2, -0.15) is 0 Å². The van der Waals surface area contributed by atoms with Gasteiger partial charge in [0, 0.05) is 36.1 Å². The third-order valence-electron chi connectivity index (χ3n) is 6.46. The zero-order chi connectivity index (χ0) is 23.5. The summed E-state index contributed by atoms with van der Waals surface area (Å²) in [5.74, 6) is -0.357. The third-order valence-corrected chi connectivity index (χ3v) is 6.46. The maximum Gasteiger partial charge on any atom is 0.335 e. The first-order chi connectivity index (χ1) is 16.6. The van der Waals surface area contributed by atoms with Crippen LogP contribution < -0.4 is 5.32 Å². The van der Waals surface area contributed by atoms with E-state index >= 15 is 0 Å². The maximum atomic E-state index is 12.9. The number of fused-ring (bicyclic) bond motifs is 1. The number of carbonyl (C=O) groups is 2. The Balaban J connectivity index is 1.51. The van der Waals surface area contributed by atoms with Crippen molar-refractivity contribution in [2.24, 2.45) is 0 Å². The van der Waals surface area contributed by atoms with Crippen molar-refractivity contribution >= 4 is 22.9 Å². The average molecular weight is 455 g/mol. The van der Waals surface area contributed by atoms with Gasteiger partial charge in [0.15, 0.2) is 0 Å². The van der Waals surface area contributed by atoms with Crippen molar-refractivity contribution in [1.82, 2.24) is 19.9 Å². The lowest BCUT2D eigenvalue weighted by molar-refractivity contribution is 0.0696. The van der Waals surface area contributed by atoms with Gasteiger partial charge in [-0.25, -0.2) is 9.78 Å². The van der Waals surface area contributed by atoms with Crippen molar-refractivity contribution in [3.05, 3.63) is 83.7 Å². The fourth-order valence-electron chi connectivity index (χ4n) is 4.73. The van der Waals surface area contributed by atoms with Gasteiger partial charge >= 0.3 is 5.97 Å². The molecular weight excluding hydrogens is 428 g/mol. The highest BCUT2D eigenvalue weighted by atomic mass is 16.4. The quantitative estimate of drug-likeness (QED) is 0.416. The molecule has 1 fully saturated rings. The van der Waals surface area contributed by atoms with Crippen LogP contribution in [0.4, 0.5) is 0 Å². The van der Waals surface area contributed by atoms with E-state index in [2.05, 4.69) is 14.9 Å². The summed E-state index contributed by atoms with van der Waals surface area (Å²) in [4.78, 5) is 33.2. The molecule has 2 N–H and O–H groups in total. The molecule has 34 heavy (non-hydrogen) atoms. The summed E-state index contributed by atoms with van der Waals surface area (Å²) >= 11 is 0. The lowest BCUT2D eigenvalue weighted by Gasteiger charge is -2.25. The van der Waals surface area contributed by atoms with E-state index in [4.69, 9.17) is 4.98 Å². The molecule has 7 heteroatoms. The summed E-state index contributed by atoms with van der Waals surface area (Å²) in [7, 11) is 0. The predicted octanol–water partition coefficient (Wildman–Crippen LogP) is 5.23. The molecule has 7 nitrogen and oxygen atoms in total. The first kappa shape index (κ1) is 21.8. The Hall–Kier alpha value is -4.00. The summed E-state index contributed by atoms with van der Waals surface area (Å²) in [6.45, 7) is 0.421. The molecule has 2 heterocycles. The minimum Gasteiger partial charge on any atom is -0.478 e. The number of hydrogen-bond acceptors (Lipinski definition) is 4. The SMILES string of the molecule is O=C(O)c1ccc2c(c1)nc(-c1cccc(C(=O)NCc3ccncc3)c1)n2C1CCCCC1. The Morgan fingerprint density at radius 3 is 2.53 bits per heavy atom. The van der Waals surface area contributed by atoms with E-state index in [1.165, 1.54) is 6.42 Å². The maximum absolute atomic E-state index is 12.9. The second-order valence-corrected chi connectivity index (χ2v) is 8.72. The van der Waals surface area contributed by atoms with Crippen LogP contribution in [0.15, 0.2) is 67.0 Å². The van der Waals surface area contributed by atoms with E-state index < -0.39 is 5.97 Å². The van der Waals surface area contributed by atoms with Crippen LogP contribution in [0.5, 0.6) is 0 Å². The number of imidazole rings is 1. The minimum absolute atomic E-state index is 0.160. The highest BCUT2D eigenvalue weighted by Gasteiger charge is 2.23. The number of amides is 1. The molecule has 0 saturated heterocycles. The van der Waals surface area contributed by atoms with Crippen molar-refractivity contribution in [2.75, 3.05) is 0 Å². The second kappa shape index (κ2) is 9.47. The molecule has 5 rings (SSSR count). The van der Waals surface area contributed by atoms with Crippen molar-refractivity contribution in [3.63, 3.8) is 0 Å². The van der Waals surface area contributed by atoms with E-state index in [-0.39, 0.29) is 11.5 Å². The molecule has 1 saturated carbocycles. The second-order valence-electron chi connectivity index (χ2n) is 8.72. The standard InChI is InChI=1S/C27H26N4O3/c32-26(29-17-18-11-13-28-14-12-18)20-6-4-5-19(15-20)25-30-23-16-21(27(33)34)9-10-24(23)31(25)22-7-2-1-3-8-22/h4-6,9-16,22H,1-3,7-8,17H2,(H,29,32)(H,33,34). The van der Waals surface area contributed by atoms with Crippen LogP contribution in [0, 0.1) is 0 Å². The Morgan fingerprint density at radius 2 is 1.76 bits per heavy atom. The first-order valence-corrected chi connectivity index (χ1v) is 11.6. The van der Waals surface area contributed by atoms with E-state index in [0.29, 0.717) is 23.7 Å². The van der Waals surface area contributed by atoms with Gasteiger partial charge in [0.1, 0.15) is 5.82 Å². The predicted molar refractivity (Wildman–Crippen MR) is 130 cm³/mol. The molecular formula is C27H26N4O3. The number of pyridine rings is 1. The molecule has 4 aromatic rings. The summed E-state index contributed by atoms with van der Waals surface area (Å²) < 4.78 is 2.24. The molecule has 2 aromatic carbocycles. The first-order valence-electron chi connectivity index (χ1n) is 11.6. The van der Waals surface area contributed by atoms with Crippen molar-refractivity contribution in [1.29, 1.82) is 0 Å². The minimum atomic E-state index is -0.969. The van der Waals surface area contributed by atoms with Crippen LogP contribution >= 0.6 is 0 Å². The van der Waals surface area contributed by atoms with E-state index in [1.54, 1.807) is 30.6 Å². The van der Waals surface area contributed by atoms with E-state index in [0.717, 1.165) is 48.2 Å². The van der Waals surface area contributed by atoms with Gasteiger partial charge in [0.25, 0.3) is 5.91 Å². The number of aromatic nitrogens is 3. The van der Waals surface area contributed by atoms with E-state index in [9.17, 15) is 14.7 Å². The number of carbonyl (C=O) groups excluding carboxylic acids is 1. The van der Waals surface area contributed by atoms with Gasteiger partial charge in [-0.15, -0.1) is 0 Å². The monoisotopic (exact) mass is 454 g/mol. The lowest BCUT2D eigenvalue weighted by atomic mass is 9.94. The third kappa shape index (κ3) is 4.41. The van der Waals surface area contributed by atoms with Gasteiger partial charge in [0.2, 0.25) is 0 Å². The van der Waals surface area contributed by atoms with Crippen LogP contribution in [0.25, 0.3) is 22.4 Å². The highest BCUT2D eigenvalue weighted by Crippen LogP contribution is 2.36. The summed E-state index contributed by atoms with van der Waals surface area (Å²) in [5.41, 5.74) is 4.19. The Bertz CT molecular complexity index is 1340. The Labute approximate surface area is 197 Å². The fourth-order valence-corrected chi connectivity index (χ4v) is 4.73. The number of nitrogens with one attached hydrogen (secondary N) is 1. The number of carboxylic acids is 1. The highest BCUT2D eigenvalue weighted by molar-refractivity contribution is 5.96. The molecule has 0 unspecified atom stereocenters. The summed E-state index contributed by atoms with van der Waals surface area (Å²) in [6, 6.07) is 16.6. The number of aromatic carboxylic acids is 1. The molecule has 2 aromatic heterocycles. The van der Waals surface area contributed by atoms with Crippen molar-refractivity contribution in [3.8, 4) is 11.4 Å². The van der Waals surface area contributed by atoms with Crippen molar-refractivity contribution in [2.45, 2.75) is 44.7 Å². The van der Waals surface area contributed by atoms with Crippen LogP contribution in [0.1, 0.15) is 64.4 Å². The van der Waals surface area contributed by atoms with Gasteiger partial charge in [-0.3, -0.25) is 9.78 Å². The molecule has 1 aliphatic carbocycles. The molecule has 0 bridgehead atoms. The molecule has 0 aliphatic heterocycles. The van der Waals surface area contributed by atoms with Crippen LogP contribution in [0.2, 0.25) is 0 Å². The number of nitrogens with zero attached hydrogens (tertiary/aromatic N) is 3. The van der Waals surface area contributed by atoms with Crippen molar-refractivity contribution < 1.29 is 14.7 Å². The van der Waals surface area contributed by atoms with Gasteiger partial charge in [-0.1, -0.05) is 31.4 Å². The molecule has 0 atom stereocenters. The fraction of sp³-hybridized carbons (Fsp3) is 0.259. The molecule has 1 aliphatic rings. The Morgan fingerprint density at radius 1 is 0.971 bits per heavy atom.